The van der Waals surface area contributed by atoms with Crippen LogP contribution in [0.4, 0.5) is 0 Å². The average molecular weight is 360 g/mol. The van der Waals surface area contributed by atoms with Crippen LogP contribution >= 0.6 is 24.0 Å². The van der Waals surface area contributed by atoms with Crippen molar-refractivity contribution >= 4 is 35.8 Å². The van der Waals surface area contributed by atoms with Crippen LogP contribution in [0.5, 0.6) is 0 Å². The van der Waals surface area contributed by atoms with Gasteiger partial charge in [-0.1, -0.05) is 11.6 Å². The molecule has 0 aliphatic carbocycles. The lowest BCUT2D eigenvalue weighted by Crippen LogP contribution is -2.51. The number of nitrogens with zero attached hydrogens (tertiary/aromatic N) is 1. The van der Waals surface area contributed by atoms with Crippen LogP contribution in [0.2, 0.25) is 5.02 Å². The number of amides is 2. The Bertz CT molecular complexity index is 529. The summed E-state index contributed by atoms with van der Waals surface area (Å²) < 4.78 is 0. The molecule has 1 fully saturated rings. The number of benzene rings is 1. The van der Waals surface area contributed by atoms with Gasteiger partial charge in [-0.05, 0) is 51.1 Å². The quantitative estimate of drug-likeness (QED) is 0.865. The molecular formula is C16H23Cl2N3O2. The van der Waals surface area contributed by atoms with Crippen LogP contribution in [0.25, 0.3) is 0 Å². The van der Waals surface area contributed by atoms with Crippen LogP contribution in [0.1, 0.15) is 30.1 Å². The van der Waals surface area contributed by atoms with Gasteiger partial charge in [0.1, 0.15) is 6.04 Å². The maximum absolute atomic E-state index is 12.4. The molecule has 1 atom stereocenters. The second-order valence-electron chi connectivity index (χ2n) is 5.59. The molecule has 0 saturated carbocycles. The number of nitrogens with one attached hydrogen (secondary N) is 2. The van der Waals surface area contributed by atoms with E-state index < -0.39 is 6.04 Å². The fourth-order valence-electron chi connectivity index (χ4n) is 2.61. The van der Waals surface area contributed by atoms with Gasteiger partial charge in [0, 0.05) is 29.7 Å². The molecule has 1 aliphatic rings. The molecule has 2 rings (SSSR count). The number of halogens is 2. The van der Waals surface area contributed by atoms with E-state index in [2.05, 4.69) is 10.6 Å². The van der Waals surface area contributed by atoms with Crippen molar-refractivity contribution in [2.75, 3.05) is 20.1 Å². The van der Waals surface area contributed by atoms with Crippen molar-refractivity contribution in [2.45, 2.75) is 31.8 Å². The molecule has 2 N–H and O–H groups in total. The van der Waals surface area contributed by atoms with Crippen LogP contribution in [-0.4, -0.2) is 48.9 Å². The van der Waals surface area contributed by atoms with Gasteiger partial charge in [0.2, 0.25) is 5.91 Å². The zero-order chi connectivity index (χ0) is 16.1. The second-order valence-corrected chi connectivity index (χ2v) is 6.03. The fraction of sp³-hybridized carbons (Fsp3) is 0.500. The Kier molecular flexibility index (Phi) is 7.82. The van der Waals surface area contributed by atoms with Crippen molar-refractivity contribution in [1.82, 2.24) is 15.5 Å². The molecule has 1 saturated heterocycles. The molecule has 1 heterocycles. The molecule has 1 aromatic rings. The van der Waals surface area contributed by atoms with E-state index in [-0.39, 0.29) is 24.2 Å². The molecule has 7 heteroatoms. The highest BCUT2D eigenvalue weighted by Crippen LogP contribution is 2.12. The highest BCUT2D eigenvalue weighted by Gasteiger charge is 2.26. The minimum absolute atomic E-state index is 0. The topological polar surface area (TPSA) is 61.4 Å². The predicted molar refractivity (Wildman–Crippen MR) is 94.3 cm³/mol. The molecule has 1 aromatic carbocycles. The number of hydrogen-bond donors (Lipinski definition) is 2. The van der Waals surface area contributed by atoms with Crippen LogP contribution in [0, 0.1) is 0 Å². The summed E-state index contributed by atoms with van der Waals surface area (Å²) in [5.74, 6) is -0.292. The Morgan fingerprint density at radius 2 is 1.78 bits per heavy atom. The van der Waals surface area contributed by atoms with Crippen molar-refractivity contribution in [2.24, 2.45) is 0 Å². The van der Waals surface area contributed by atoms with Crippen molar-refractivity contribution in [3.05, 3.63) is 34.9 Å². The van der Waals surface area contributed by atoms with Gasteiger partial charge in [0.25, 0.3) is 5.91 Å². The van der Waals surface area contributed by atoms with Crippen LogP contribution in [-0.2, 0) is 4.79 Å². The Morgan fingerprint density at radius 3 is 2.30 bits per heavy atom. The van der Waals surface area contributed by atoms with E-state index >= 15 is 0 Å². The van der Waals surface area contributed by atoms with Crippen molar-refractivity contribution in [3.63, 3.8) is 0 Å². The third kappa shape index (κ3) is 5.37. The number of carbonyl (C=O) groups is 2. The predicted octanol–water partition coefficient (Wildman–Crippen LogP) is 2.09. The number of carbonyl (C=O) groups excluding carboxylic acids is 2. The molecular weight excluding hydrogens is 337 g/mol. The van der Waals surface area contributed by atoms with Crippen LogP contribution in [0.15, 0.2) is 24.3 Å². The monoisotopic (exact) mass is 359 g/mol. The molecule has 2 amide bonds. The minimum atomic E-state index is -0.533. The van der Waals surface area contributed by atoms with Gasteiger partial charge < -0.3 is 15.5 Å². The molecule has 1 unspecified atom stereocenters. The first-order valence-electron chi connectivity index (χ1n) is 7.53. The number of hydrogen-bond acceptors (Lipinski definition) is 3. The number of likely N-dealkylation sites (tertiary alicyclic amines) is 1. The molecule has 0 aromatic heterocycles. The third-order valence-corrected chi connectivity index (χ3v) is 4.29. The smallest absolute Gasteiger partial charge is 0.251 e. The van der Waals surface area contributed by atoms with E-state index in [1.807, 2.05) is 11.9 Å². The van der Waals surface area contributed by atoms with E-state index in [1.54, 1.807) is 31.2 Å². The maximum atomic E-state index is 12.4. The molecule has 128 valence electrons. The van der Waals surface area contributed by atoms with E-state index in [0.29, 0.717) is 16.6 Å². The van der Waals surface area contributed by atoms with Crippen molar-refractivity contribution < 1.29 is 9.59 Å². The van der Waals surface area contributed by atoms with Gasteiger partial charge in [-0.3, -0.25) is 9.59 Å². The largest absolute Gasteiger partial charge is 0.341 e. The van der Waals surface area contributed by atoms with Gasteiger partial charge >= 0.3 is 0 Å². The lowest BCUT2D eigenvalue weighted by atomic mass is 10.0. The van der Waals surface area contributed by atoms with Crippen LogP contribution in [0.3, 0.4) is 0 Å². The summed E-state index contributed by atoms with van der Waals surface area (Å²) in [7, 11) is 1.94. The Labute approximate surface area is 148 Å². The highest BCUT2D eigenvalue weighted by atomic mass is 35.5. The molecule has 23 heavy (non-hydrogen) atoms. The lowest BCUT2D eigenvalue weighted by Gasteiger charge is -2.33. The summed E-state index contributed by atoms with van der Waals surface area (Å²) in [6.07, 6.45) is 1.89. The minimum Gasteiger partial charge on any atom is -0.341 e. The van der Waals surface area contributed by atoms with E-state index in [4.69, 9.17) is 11.6 Å². The van der Waals surface area contributed by atoms with E-state index in [1.165, 1.54) is 0 Å². The first kappa shape index (κ1) is 19.7. The van der Waals surface area contributed by atoms with Crippen molar-refractivity contribution in [1.29, 1.82) is 0 Å². The summed E-state index contributed by atoms with van der Waals surface area (Å²) in [6.45, 7) is 3.18. The maximum Gasteiger partial charge on any atom is 0.251 e. The van der Waals surface area contributed by atoms with Gasteiger partial charge in [0.05, 0.1) is 0 Å². The van der Waals surface area contributed by atoms with Gasteiger partial charge in [0.15, 0.2) is 0 Å². The standard InChI is InChI=1S/C16H22ClN3O2.ClH/c1-11(16(22)20-9-7-14(18-2)8-10-20)19-15(21)12-3-5-13(17)6-4-12;/h3-6,11,14,18H,7-10H2,1-2H3,(H,19,21);1H. The molecule has 0 radical (unpaired) electrons. The van der Waals surface area contributed by atoms with Crippen LogP contribution < -0.4 is 10.6 Å². The second kappa shape index (κ2) is 9.11. The SMILES string of the molecule is CNC1CCN(C(=O)C(C)NC(=O)c2ccc(Cl)cc2)CC1.Cl. The van der Waals surface area contributed by atoms with E-state index in [0.717, 1.165) is 25.9 Å². The summed E-state index contributed by atoms with van der Waals surface area (Å²) in [6, 6.07) is 6.55. The third-order valence-electron chi connectivity index (χ3n) is 4.04. The molecule has 1 aliphatic heterocycles. The number of rotatable bonds is 4. The fourth-order valence-corrected chi connectivity index (χ4v) is 2.73. The first-order valence-corrected chi connectivity index (χ1v) is 7.91. The van der Waals surface area contributed by atoms with E-state index in [9.17, 15) is 9.59 Å². The van der Waals surface area contributed by atoms with Gasteiger partial charge in [-0.25, -0.2) is 0 Å². The first-order chi connectivity index (χ1) is 10.5. The van der Waals surface area contributed by atoms with Crippen molar-refractivity contribution in [3.8, 4) is 0 Å². The molecule has 5 nitrogen and oxygen atoms in total. The summed E-state index contributed by atoms with van der Waals surface area (Å²) >= 11 is 5.80. The Morgan fingerprint density at radius 1 is 1.22 bits per heavy atom. The summed E-state index contributed by atoms with van der Waals surface area (Å²) in [4.78, 5) is 26.3. The average Bonchev–Trinajstić information content (AvgIpc) is 2.54. The summed E-state index contributed by atoms with van der Waals surface area (Å²) in [5.41, 5.74) is 0.498. The Balaban J connectivity index is 0.00000264. The highest BCUT2D eigenvalue weighted by molar-refractivity contribution is 6.30. The molecule has 0 spiro atoms. The zero-order valence-electron chi connectivity index (χ0n) is 13.3. The summed E-state index contributed by atoms with van der Waals surface area (Å²) in [5, 5.41) is 6.56. The normalized spacial score (nSPS) is 16.4. The lowest BCUT2D eigenvalue weighted by molar-refractivity contribution is -0.133. The van der Waals surface area contributed by atoms with Gasteiger partial charge in [-0.15, -0.1) is 12.4 Å². The zero-order valence-corrected chi connectivity index (χ0v) is 14.9. The van der Waals surface area contributed by atoms with Gasteiger partial charge in [-0.2, -0.15) is 0 Å². The number of piperidine rings is 1. The Hall–Kier alpha value is -1.30. The molecule has 0 bridgehead atoms.